The molecule has 0 bridgehead atoms. The Morgan fingerprint density at radius 3 is 2.60 bits per heavy atom. The molecule has 0 fully saturated rings. The lowest BCUT2D eigenvalue weighted by molar-refractivity contribution is -0.118. The van der Waals surface area contributed by atoms with Gasteiger partial charge >= 0.3 is 0 Å². The van der Waals surface area contributed by atoms with Crippen molar-refractivity contribution < 1.29 is 14.3 Å². The highest BCUT2D eigenvalue weighted by Crippen LogP contribution is 2.26. The molecule has 1 N–H and O–H groups in total. The van der Waals surface area contributed by atoms with Gasteiger partial charge in [-0.3, -0.25) is 4.79 Å². The Hall–Kier alpha value is -2.47. The van der Waals surface area contributed by atoms with Crippen molar-refractivity contribution in [2.45, 2.75) is 6.42 Å². The maximum absolute atomic E-state index is 11.8. The maximum Gasteiger partial charge on any atom is 0.250 e. The van der Waals surface area contributed by atoms with Gasteiger partial charge in [-0.2, -0.15) is 16.9 Å². The zero-order valence-electron chi connectivity index (χ0n) is 14.4. The Morgan fingerprint density at radius 1 is 1.12 bits per heavy atom. The first-order valence-corrected chi connectivity index (χ1v) is 9.04. The lowest BCUT2D eigenvalue weighted by Gasteiger charge is -2.07. The van der Waals surface area contributed by atoms with Crippen LogP contribution in [0.25, 0.3) is 0 Å². The first-order valence-electron chi connectivity index (χ1n) is 7.88. The summed E-state index contributed by atoms with van der Waals surface area (Å²) >= 11 is 1.59. The topological polar surface area (TPSA) is 59.9 Å². The quantitative estimate of drug-likeness (QED) is 0.425. The highest BCUT2D eigenvalue weighted by Gasteiger charge is 2.03. The molecular formula is C19H22N2O3S. The van der Waals surface area contributed by atoms with Gasteiger partial charge in [0.05, 0.1) is 26.2 Å². The van der Waals surface area contributed by atoms with Crippen LogP contribution in [0, 0.1) is 0 Å². The normalized spacial score (nSPS) is 10.6. The molecule has 0 aliphatic rings. The molecule has 5 nitrogen and oxygen atoms in total. The van der Waals surface area contributed by atoms with Crippen LogP contribution in [0.5, 0.6) is 11.5 Å². The summed E-state index contributed by atoms with van der Waals surface area (Å²) in [6.45, 7) is 0. The Morgan fingerprint density at radius 2 is 1.88 bits per heavy atom. The second-order valence-corrected chi connectivity index (χ2v) is 6.30. The summed E-state index contributed by atoms with van der Waals surface area (Å²) in [6, 6.07) is 15.7. The molecule has 132 valence electrons. The van der Waals surface area contributed by atoms with E-state index in [4.69, 9.17) is 9.47 Å². The van der Waals surface area contributed by atoms with E-state index < -0.39 is 0 Å². The maximum atomic E-state index is 11.8. The van der Waals surface area contributed by atoms with E-state index >= 15 is 0 Å². The van der Waals surface area contributed by atoms with Crippen molar-refractivity contribution in [3.63, 3.8) is 0 Å². The van der Waals surface area contributed by atoms with E-state index in [0.29, 0.717) is 17.3 Å². The lowest BCUT2D eigenvalue weighted by Crippen LogP contribution is -2.20. The van der Waals surface area contributed by atoms with E-state index in [9.17, 15) is 4.79 Å². The largest absolute Gasteiger partial charge is 0.493 e. The molecule has 0 aliphatic carbocycles. The number of nitrogens with zero attached hydrogens (tertiary/aromatic N) is 1. The van der Waals surface area contributed by atoms with Gasteiger partial charge in [0.25, 0.3) is 0 Å². The molecular weight excluding hydrogens is 336 g/mol. The van der Waals surface area contributed by atoms with E-state index in [0.717, 1.165) is 17.7 Å². The number of hydrazone groups is 1. The number of nitrogens with one attached hydrogen (secondary N) is 1. The van der Waals surface area contributed by atoms with Gasteiger partial charge in [0.2, 0.25) is 5.91 Å². The van der Waals surface area contributed by atoms with E-state index in [-0.39, 0.29) is 5.91 Å². The zero-order valence-corrected chi connectivity index (χ0v) is 15.2. The van der Waals surface area contributed by atoms with E-state index in [1.807, 2.05) is 24.3 Å². The minimum Gasteiger partial charge on any atom is -0.493 e. The number of thioether (sulfide) groups is 1. The van der Waals surface area contributed by atoms with Gasteiger partial charge < -0.3 is 9.47 Å². The van der Waals surface area contributed by atoms with Gasteiger partial charge in [0.1, 0.15) is 0 Å². The van der Waals surface area contributed by atoms with Crippen LogP contribution in [-0.4, -0.2) is 37.8 Å². The molecule has 0 saturated heterocycles. The van der Waals surface area contributed by atoms with E-state index in [2.05, 4.69) is 22.7 Å². The summed E-state index contributed by atoms with van der Waals surface area (Å²) in [5, 5.41) is 3.98. The number of aryl methyl sites for hydroxylation is 1. The summed E-state index contributed by atoms with van der Waals surface area (Å²) in [4.78, 5) is 11.8. The van der Waals surface area contributed by atoms with Crippen molar-refractivity contribution in [2.24, 2.45) is 5.10 Å². The van der Waals surface area contributed by atoms with Crippen LogP contribution in [0.2, 0.25) is 0 Å². The van der Waals surface area contributed by atoms with Gasteiger partial charge in [0.15, 0.2) is 11.5 Å². The molecule has 0 aliphatic heterocycles. The standard InChI is InChI=1S/C19H22N2O3S/c1-23-17-9-8-16(12-18(17)24-2)13-20-21-19(22)14-25-11-10-15-6-4-3-5-7-15/h3-9,12-13H,10-11,14H2,1-2H3,(H,21,22)/b20-13-. The van der Waals surface area contributed by atoms with Gasteiger partial charge in [-0.05, 0) is 41.5 Å². The summed E-state index contributed by atoms with van der Waals surface area (Å²) in [7, 11) is 3.16. The molecule has 0 unspecified atom stereocenters. The molecule has 0 heterocycles. The molecule has 0 saturated carbocycles. The molecule has 2 rings (SSSR count). The molecule has 25 heavy (non-hydrogen) atoms. The predicted octanol–water partition coefficient (Wildman–Crippen LogP) is 3.13. The number of hydrogen-bond donors (Lipinski definition) is 1. The van der Waals surface area contributed by atoms with Crippen molar-refractivity contribution in [1.29, 1.82) is 0 Å². The number of methoxy groups -OCH3 is 2. The number of carbonyl (C=O) groups excluding carboxylic acids is 1. The summed E-state index contributed by atoms with van der Waals surface area (Å²) < 4.78 is 10.4. The molecule has 2 aromatic rings. The molecule has 0 radical (unpaired) electrons. The van der Waals surface area contributed by atoms with Crippen LogP contribution >= 0.6 is 11.8 Å². The minimum atomic E-state index is -0.116. The Balaban J connectivity index is 1.71. The number of ether oxygens (including phenoxy) is 2. The monoisotopic (exact) mass is 358 g/mol. The Kier molecular flexibility index (Phi) is 7.85. The third kappa shape index (κ3) is 6.51. The van der Waals surface area contributed by atoms with Gasteiger partial charge in [-0.15, -0.1) is 0 Å². The highest BCUT2D eigenvalue weighted by atomic mass is 32.2. The Labute approximate surface area is 152 Å². The molecule has 0 spiro atoms. The highest BCUT2D eigenvalue weighted by molar-refractivity contribution is 7.99. The fourth-order valence-electron chi connectivity index (χ4n) is 2.14. The molecule has 6 heteroatoms. The first kappa shape index (κ1) is 18.9. The van der Waals surface area contributed by atoms with Crippen LogP contribution in [0.15, 0.2) is 53.6 Å². The third-order valence-corrected chi connectivity index (χ3v) is 4.38. The summed E-state index contributed by atoms with van der Waals surface area (Å²) in [6.07, 6.45) is 2.53. The van der Waals surface area contributed by atoms with E-state index in [1.54, 1.807) is 44.3 Å². The summed E-state index contributed by atoms with van der Waals surface area (Å²) in [5.41, 5.74) is 4.63. The smallest absolute Gasteiger partial charge is 0.250 e. The van der Waals surface area contributed by atoms with Crippen LogP contribution < -0.4 is 14.9 Å². The molecule has 1 amide bonds. The first-order chi connectivity index (χ1) is 12.2. The van der Waals surface area contributed by atoms with Gasteiger partial charge in [-0.1, -0.05) is 30.3 Å². The van der Waals surface area contributed by atoms with Crippen molar-refractivity contribution in [1.82, 2.24) is 5.43 Å². The van der Waals surface area contributed by atoms with Crippen molar-refractivity contribution in [3.8, 4) is 11.5 Å². The second-order valence-electron chi connectivity index (χ2n) is 5.20. The third-order valence-electron chi connectivity index (χ3n) is 3.42. The average molecular weight is 358 g/mol. The molecule has 0 aromatic heterocycles. The van der Waals surface area contributed by atoms with Gasteiger partial charge in [-0.25, -0.2) is 5.43 Å². The lowest BCUT2D eigenvalue weighted by atomic mass is 10.2. The van der Waals surface area contributed by atoms with Crippen LogP contribution in [0.4, 0.5) is 0 Å². The van der Waals surface area contributed by atoms with Crippen LogP contribution in [0.3, 0.4) is 0 Å². The van der Waals surface area contributed by atoms with Crippen LogP contribution in [-0.2, 0) is 11.2 Å². The van der Waals surface area contributed by atoms with Crippen LogP contribution in [0.1, 0.15) is 11.1 Å². The zero-order chi connectivity index (χ0) is 17.9. The number of rotatable bonds is 9. The summed E-state index contributed by atoms with van der Waals surface area (Å²) in [5.74, 6) is 2.44. The van der Waals surface area contributed by atoms with Crippen molar-refractivity contribution in [3.05, 3.63) is 59.7 Å². The number of amides is 1. The molecule has 2 aromatic carbocycles. The van der Waals surface area contributed by atoms with Crippen molar-refractivity contribution >= 4 is 23.9 Å². The number of benzene rings is 2. The number of hydrogen-bond acceptors (Lipinski definition) is 5. The SMILES string of the molecule is COc1ccc(/C=N\NC(=O)CSCCc2ccccc2)cc1OC. The second kappa shape index (κ2) is 10.4. The minimum absolute atomic E-state index is 0.116. The van der Waals surface area contributed by atoms with E-state index in [1.165, 1.54) is 5.56 Å². The fraction of sp³-hybridized carbons (Fsp3) is 0.263. The predicted molar refractivity (Wildman–Crippen MR) is 103 cm³/mol. The molecule has 0 atom stereocenters. The van der Waals surface area contributed by atoms with Crippen molar-refractivity contribution in [2.75, 3.05) is 25.7 Å². The Bertz CT molecular complexity index is 705. The average Bonchev–Trinajstić information content (AvgIpc) is 2.66. The number of carbonyl (C=O) groups is 1. The van der Waals surface area contributed by atoms with Gasteiger partial charge in [0, 0.05) is 0 Å². The fourth-order valence-corrected chi connectivity index (χ4v) is 2.92.